The highest BCUT2D eigenvalue weighted by atomic mass is 35.5. The second-order valence-electron chi connectivity index (χ2n) is 6.52. The Hall–Kier alpha value is -3.11. The van der Waals surface area contributed by atoms with Gasteiger partial charge in [0.15, 0.2) is 0 Å². The first kappa shape index (κ1) is 19.6. The molecule has 0 heterocycles. The topological polar surface area (TPSA) is 49.4 Å². The summed E-state index contributed by atoms with van der Waals surface area (Å²) in [6.45, 7) is -0.0356. The number of benzene rings is 3. The summed E-state index contributed by atoms with van der Waals surface area (Å²) in [6, 6.07) is 24.9. The predicted molar refractivity (Wildman–Crippen MR) is 113 cm³/mol. The summed E-state index contributed by atoms with van der Waals surface area (Å²) in [7, 11) is 1.62. The molecule has 3 aromatic carbocycles. The zero-order valence-corrected chi connectivity index (χ0v) is 16.3. The molecule has 0 spiro atoms. The lowest BCUT2D eigenvalue weighted by molar-refractivity contribution is -0.132. The maximum Gasteiger partial charge on any atom is 0.244 e. The van der Waals surface area contributed by atoms with E-state index in [-0.39, 0.29) is 24.8 Å². The van der Waals surface area contributed by atoms with Gasteiger partial charge < -0.3 is 10.2 Å². The van der Waals surface area contributed by atoms with Crippen LogP contribution in [-0.4, -0.2) is 30.3 Å². The van der Waals surface area contributed by atoms with Gasteiger partial charge in [-0.05, 0) is 28.8 Å². The van der Waals surface area contributed by atoms with Crippen LogP contribution in [-0.2, 0) is 16.0 Å². The molecule has 0 aromatic heterocycles. The third kappa shape index (κ3) is 5.21. The van der Waals surface area contributed by atoms with Gasteiger partial charge in [0.25, 0.3) is 0 Å². The van der Waals surface area contributed by atoms with Crippen LogP contribution >= 0.6 is 11.6 Å². The first-order valence-electron chi connectivity index (χ1n) is 8.95. The molecule has 5 heteroatoms. The van der Waals surface area contributed by atoms with Crippen LogP contribution in [0.1, 0.15) is 5.56 Å². The average molecular weight is 393 g/mol. The van der Waals surface area contributed by atoms with Crippen molar-refractivity contribution in [3.63, 3.8) is 0 Å². The van der Waals surface area contributed by atoms with E-state index < -0.39 is 0 Å². The number of carbonyl (C=O) groups is 2. The lowest BCUT2D eigenvalue weighted by Gasteiger charge is -2.17. The molecule has 4 nitrogen and oxygen atoms in total. The Morgan fingerprint density at radius 2 is 1.46 bits per heavy atom. The maximum absolute atomic E-state index is 12.4. The summed E-state index contributed by atoms with van der Waals surface area (Å²) in [6.07, 6.45) is 0.241. The van der Waals surface area contributed by atoms with Gasteiger partial charge in [0, 0.05) is 7.05 Å². The first-order valence-corrected chi connectivity index (χ1v) is 9.33. The summed E-state index contributed by atoms with van der Waals surface area (Å²) >= 11 is 6.04. The molecule has 0 radical (unpaired) electrons. The first-order chi connectivity index (χ1) is 13.5. The van der Waals surface area contributed by atoms with Crippen molar-refractivity contribution in [1.29, 1.82) is 0 Å². The van der Waals surface area contributed by atoms with E-state index in [1.165, 1.54) is 4.90 Å². The van der Waals surface area contributed by atoms with Crippen LogP contribution in [0.4, 0.5) is 5.69 Å². The maximum atomic E-state index is 12.4. The van der Waals surface area contributed by atoms with E-state index in [0.717, 1.165) is 16.7 Å². The number of halogens is 1. The van der Waals surface area contributed by atoms with E-state index in [0.29, 0.717) is 10.7 Å². The minimum absolute atomic E-state index is 0.0356. The van der Waals surface area contributed by atoms with Gasteiger partial charge in [0.05, 0.1) is 23.7 Å². The minimum atomic E-state index is -0.289. The van der Waals surface area contributed by atoms with Crippen molar-refractivity contribution >= 4 is 29.1 Å². The number of amides is 2. The van der Waals surface area contributed by atoms with Gasteiger partial charge in [-0.25, -0.2) is 0 Å². The van der Waals surface area contributed by atoms with E-state index in [9.17, 15) is 9.59 Å². The molecule has 0 aliphatic carbocycles. The molecule has 0 fully saturated rings. The zero-order valence-electron chi connectivity index (χ0n) is 15.6. The number of likely N-dealkylation sites (N-methyl/N-ethyl adjacent to an activating group) is 1. The smallest absolute Gasteiger partial charge is 0.244 e. The van der Waals surface area contributed by atoms with Crippen LogP contribution in [0.2, 0.25) is 5.02 Å². The Morgan fingerprint density at radius 1 is 0.857 bits per heavy atom. The molecule has 0 unspecified atom stereocenters. The van der Waals surface area contributed by atoms with Crippen LogP contribution in [0, 0.1) is 0 Å². The number of rotatable bonds is 6. The normalized spacial score (nSPS) is 10.4. The molecule has 0 bridgehead atoms. The second kappa shape index (κ2) is 9.20. The standard InChI is InChI=1S/C23H21ClN2O2/c1-26(16-22(27)25-21-10-6-5-9-20(21)24)23(28)15-17-11-13-19(14-12-17)18-7-3-2-4-8-18/h2-14H,15-16H2,1H3,(H,25,27). The van der Waals surface area contributed by atoms with Gasteiger partial charge in [0.1, 0.15) is 0 Å². The highest BCUT2D eigenvalue weighted by molar-refractivity contribution is 6.33. The van der Waals surface area contributed by atoms with Crippen LogP contribution < -0.4 is 5.32 Å². The number of anilines is 1. The summed E-state index contributed by atoms with van der Waals surface area (Å²) < 4.78 is 0. The Labute approximate surface area is 169 Å². The molecule has 2 amide bonds. The zero-order chi connectivity index (χ0) is 19.9. The lowest BCUT2D eigenvalue weighted by Crippen LogP contribution is -2.35. The number of para-hydroxylation sites is 1. The van der Waals surface area contributed by atoms with Crippen molar-refractivity contribution in [2.24, 2.45) is 0 Å². The van der Waals surface area contributed by atoms with Crippen molar-refractivity contribution < 1.29 is 9.59 Å². The molecule has 0 saturated carbocycles. The van der Waals surface area contributed by atoms with Gasteiger partial charge in [-0.3, -0.25) is 9.59 Å². The van der Waals surface area contributed by atoms with Crippen molar-refractivity contribution in [2.75, 3.05) is 18.9 Å². The average Bonchev–Trinajstić information content (AvgIpc) is 2.71. The summed E-state index contributed by atoms with van der Waals surface area (Å²) in [5.41, 5.74) is 3.67. The lowest BCUT2D eigenvalue weighted by atomic mass is 10.0. The van der Waals surface area contributed by atoms with Gasteiger partial charge in [-0.15, -0.1) is 0 Å². The fourth-order valence-electron chi connectivity index (χ4n) is 2.81. The molecule has 28 heavy (non-hydrogen) atoms. The highest BCUT2D eigenvalue weighted by Crippen LogP contribution is 2.21. The van der Waals surface area contributed by atoms with E-state index in [1.54, 1.807) is 31.3 Å². The minimum Gasteiger partial charge on any atom is -0.336 e. The SMILES string of the molecule is CN(CC(=O)Nc1ccccc1Cl)C(=O)Cc1ccc(-c2ccccc2)cc1. The quantitative estimate of drug-likeness (QED) is 0.664. The summed E-state index contributed by atoms with van der Waals surface area (Å²) in [5.74, 6) is -0.412. The molecule has 142 valence electrons. The van der Waals surface area contributed by atoms with Crippen LogP contribution in [0.25, 0.3) is 11.1 Å². The molecular formula is C23H21ClN2O2. The fourth-order valence-corrected chi connectivity index (χ4v) is 2.99. The Kier molecular flexibility index (Phi) is 6.45. The highest BCUT2D eigenvalue weighted by Gasteiger charge is 2.14. The number of nitrogens with one attached hydrogen (secondary N) is 1. The molecule has 0 saturated heterocycles. The van der Waals surface area contributed by atoms with Crippen LogP contribution in [0.15, 0.2) is 78.9 Å². The third-order valence-corrected chi connectivity index (χ3v) is 4.70. The van der Waals surface area contributed by atoms with Crippen molar-refractivity contribution in [3.8, 4) is 11.1 Å². The van der Waals surface area contributed by atoms with Crippen molar-refractivity contribution in [2.45, 2.75) is 6.42 Å². The van der Waals surface area contributed by atoms with E-state index in [1.807, 2.05) is 54.6 Å². The van der Waals surface area contributed by atoms with Gasteiger partial charge >= 0.3 is 0 Å². The molecular weight excluding hydrogens is 372 g/mol. The van der Waals surface area contributed by atoms with Crippen LogP contribution in [0.5, 0.6) is 0 Å². The summed E-state index contributed by atoms with van der Waals surface area (Å²) in [5, 5.41) is 3.18. The monoisotopic (exact) mass is 392 g/mol. The third-order valence-electron chi connectivity index (χ3n) is 4.37. The molecule has 3 aromatic rings. The molecule has 0 atom stereocenters. The predicted octanol–water partition coefficient (Wildman–Crippen LogP) is 4.65. The Bertz CT molecular complexity index is 956. The molecule has 1 N–H and O–H groups in total. The van der Waals surface area contributed by atoms with Gasteiger partial charge in [-0.1, -0.05) is 78.3 Å². The van der Waals surface area contributed by atoms with Crippen LogP contribution in [0.3, 0.4) is 0 Å². The fraction of sp³-hybridized carbons (Fsp3) is 0.130. The second-order valence-corrected chi connectivity index (χ2v) is 6.92. The van der Waals surface area contributed by atoms with E-state index in [4.69, 9.17) is 11.6 Å². The van der Waals surface area contributed by atoms with Crippen molar-refractivity contribution in [3.05, 3.63) is 89.4 Å². The number of hydrogen-bond donors (Lipinski definition) is 1. The Balaban J connectivity index is 1.55. The van der Waals surface area contributed by atoms with Gasteiger partial charge in [0.2, 0.25) is 11.8 Å². The largest absolute Gasteiger partial charge is 0.336 e. The van der Waals surface area contributed by atoms with Gasteiger partial charge in [-0.2, -0.15) is 0 Å². The van der Waals surface area contributed by atoms with Crippen molar-refractivity contribution in [1.82, 2.24) is 4.90 Å². The molecule has 0 aliphatic heterocycles. The number of nitrogens with zero attached hydrogens (tertiary/aromatic N) is 1. The molecule has 3 rings (SSSR count). The Morgan fingerprint density at radius 3 is 2.14 bits per heavy atom. The summed E-state index contributed by atoms with van der Waals surface area (Å²) in [4.78, 5) is 26.0. The van der Waals surface area contributed by atoms with E-state index >= 15 is 0 Å². The number of hydrogen-bond acceptors (Lipinski definition) is 2. The number of carbonyl (C=O) groups excluding carboxylic acids is 2. The molecule has 0 aliphatic rings. The van der Waals surface area contributed by atoms with E-state index in [2.05, 4.69) is 5.32 Å².